The summed E-state index contributed by atoms with van der Waals surface area (Å²) in [7, 11) is 1.24. The molecule has 2 aromatic carbocycles. The number of carbonyl (C=O) groups is 7. The number of unbranched alkanes of at least 4 members (excludes halogenated alkanes) is 3. The van der Waals surface area contributed by atoms with Crippen LogP contribution in [0, 0.1) is 17.8 Å². The average Bonchev–Trinajstić information content (AvgIpc) is 3.20. The monoisotopic (exact) mass is 809 g/mol. The van der Waals surface area contributed by atoms with Gasteiger partial charge < -0.3 is 42.0 Å². The zero-order valence-corrected chi connectivity index (χ0v) is 34.8. The molecule has 0 spiro atoms. The molecule has 0 aromatic heterocycles. The van der Waals surface area contributed by atoms with Crippen LogP contribution in [-0.4, -0.2) is 76.6 Å². The van der Waals surface area contributed by atoms with Crippen molar-refractivity contribution in [3.63, 3.8) is 0 Å². The minimum Gasteiger partial charge on any atom is -0.466 e. The molecule has 0 heterocycles. The van der Waals surface area contributed by atoms with Crippen molar-refractivity contribution in [2.75, 3.05) is 17.7 Å². The van der Waals surface area contributed by atoms with Crippen molar-refractivity contribution >= 4 is 52.5 Å². The Morgan fingerprint density at radius 1 is 0.655 bits per heavy atom. The number of hydrogen-bond acceptors (Lipinski definition) is 11. The van der Waals surface area contributed by atoms with Crippen LogP contribution in [0.2, 0.25) is 0 Å². The number of hydrogen-bond donors (Lipinski definition) is 7. The number of allylic oxidation sites excluding steroid dienone is 1. The third-order valence-electron chi connectivity index (χ3n) is 9.05. The van der Waals surface area contributed by atoms with E-state index in [1.165, 1.54) is 13.2 Å². The molecule has 15 heteroatoms. The summed E-state index contributed by atoms with van der Waals surface area (Å²) in [5, 5.41) is 28.9. The van der Waals surface area contributed by atoms with Gasteiger partial charge in [-0.05, 0) is 73.1 Å². The van der Waals surface area contributed by atoms with Crippen LogP contribution in [-0.2, 0) is 51.5 Å². The lowest BCUT2D eigenvalue weighted by Crippen LogP contribution is -2.53. The zero-order chi connectivity index (χ0) is 43.8. The van der Waals surface area contributed by atoms with E-state index in [0.29, 0.717) is 30.6 Å². The van der Waals surface area contributed by atoms with Crippen LogP contribution in [0.15, 0.2) is 60.7 Å². The highest BCUT2D eigenvalue weighted by atomic mass is 16.5. The standard InChI is InChI=1S/C27H39N3O7.C16H24N2O3/c1-18(2)25(27(36)28-19(3)26(35)29-21-13-11-20(17-31)12-14-21)30-23(33)10-8-6-5-7-9-22(32)15-16-24(34)37-4;1-10(2)15(17)14(20)8-11(3)16(21)18-13-6-4-12(9-19)5-7-13/h11-16,18-19,25,31H,5-10,17H2,1-4H3,(H,28,36)(H,29,35)(H,30,33);4-7,10-11,15,19H,8-9,17H2,1-3H3,(H,18,21)/b16-15-;/t19-,25-;11-,15+/m01/s1. The molecular weight excluding hydrogens is 746 g/mol. The van der Waals surface area contributed by atoms with Gasteiger partial charge in [0.2, 0.25) is 23.6 Å². The molecule has 0 aliphatic heterocycles. The summed E-state index contributed by atoms with van der Waals surface area (Å²) in [6, 6.07) is 11.5. The summed E-state index contributed by atoms with van der Waals surface area (Å²) in [5.74, 6) is -2.69. The fraction of sp³-hybridized carbons (Fsp3) is 0.512. The topological polar surface area (TPSA) is 243 Å². The third-order valence-corrected chi connectivity index (χ3v) is 9.05. The lowest BCUT2D eigenvalue weighted by atomic mass is 9.93. The second-order valence-electron chi connectivity index (χ2n) is 14.8. The predicted octanol–water partition coefficient (Wildman–Crippen LogP) is 4.10. The number of ether oxygens (including phenoxy) is 1. The number of methoxy groups -OCH3 is 1. The molecular formula is C43H63N5O10. The Hall–Kier alpha value is -5.25. The van der Waals surface area contributed by atoms with Gasteiger partial charge in [-0.25, -0.2) is 4.79 Å². The van der Waals surface area contributed by atoms with E-state index >= 15 is 0 Å². The molecule has 320 valence electrons. The maximum atomic E-state index is 12.8. The maximum Gasteiger partial charge on any atom is 0.330 e. The summed E-state index contributed by atoms with van der Waals surface area (Å²) in [4.78, 5) is 84.2. The highest BCUT2D eigenvalue weighted by molar-refractivity contribution is 5.98. The number of nitrogens with one attached hydrogen (secondary N) is 4. The SMILES string of the molecule is CC(C)[C@H](N)C(=O)C[C@@H](C)C(=O)Nc1ccc(CO)cc1.COC(=O)/C=C\C(=O)CCCCCCC(=O)N[C@H](C(=O)N[C@@H](C)C(=O)Nc1ccc(CO)cc1)C(C)C. The van der Waals surface area contributed by atoms with Crippen molar-refractivity contribution < 1.29 is 48.5 Å². The smallest absolute Gasteiger partial charge is 0.330 e. The Labute approximate surface area is 341 Å². The van der Waals surface area contributed by atoms with Gasteiger partial charge in [-0.3, -0.25) is 28.8 Å². The van der Waals surface area contributed by atoms with E-state index in [9.17, 15) is 33.6 Å². The molecule has 0 radical (unpaired) electrons. The van der Waals surface area contributed by atoms with Crippen molar-refractivity contribution in [2.24, 2.45) is 23.5 Å². The van der Waals surface area contributed by atoms with Crippen LogP contribution >= 0.6 is 0 Å². The molecule has 0 bridgehead atoms. The molecule has 0 saturated heterocycles. The van der Waals surface area contributed by atoms with Gasteiger partial charge in [0.25, 0.3) is 0 Å². The molecule has 0 saturated carbocycles. The largest absolute Gasteiger partial charge is 0.466 e. The zero-order valence-electron chi connectivity index (χ0n) is 34.8. The number of anilines is 2. The van der Waals surface area contributed by atoms with E-state index in [0.717, 1.165) is 30.0 Å². The molecule has 2 aromatic rings. The van der Waals surface area contributed by atoms with Crippen molar-refractivity contribution in [2.45, 2.75) is 118 Å². The first-order valence-corrected chi connectivity index (χ1v) is 19.6. The number of aliphatic hydroxyl groups is 2. The summed E-state index contributed by atoms with van der Waals surface area (Å²) >= 11 is 0. The molecule has 58 heavy (non-hydrogen) atoms. The quantitative estimate of drug-likeness (QED) is 0.0479. The van der Waals surface area contributed by atoms with E-state index in [-0.39, 0.29) is 61.3 Å². The van der Waals surface area contributed by atoms with Gasteiger partial charge in [-0.2, -0.15) is 0 Å². The summed E-state index contributed by atoms with van der Waals surface area (Å²) in [6.45, 7) is 10.5. The Kier molecular flexibility index (Phi) is 24.0. The highest BCUT2D eigenvalue weighted by Crippen LogP contribution is 2.15. The molecule has 4 amide bonds. The van der Waals surface area contributed by atoms with Gasteiger partial charge in [-0.1, -0.05) is 71.7 Å². The van der Waals surface area contributed by atoms with E-state index in [2.05, 4.69) is 26.0 Å². The predicted molar refractivity (Wildman–Crippen MR) is 222 cm³/mol. The fourth-order valence-corrected chi connectivity index (χ4v) is 5.21. The minimum absolute atomic E-state index is 0.0355. The number of Topliss-reactive ketones (excluding diaryl/α,β-unsaturated/α-hetero) is 1. The lowest BCUT2D eigenvalue weighted by Gasteiger charge is -2.24. The normalized spacial score (nSPS) is 13.0. The molecule has 0 unspecified atom stereocenters. The summed E-state index contributed by atoms with van der Waals surface area (Å²) in [6.07, 6.45) is 5.76. The number of ketones is 2. The third kappa shape index (κ3) is 20.3. The number of rotatable bonds is 23. The van der Waals surface area contributed by atoms with Crippen LogP contribution in [0.4, 0.5) is 11.4 Å². The van der Waals surface area contributed by atoms with Crippen LogP contribution in [0.1, 0.15) is 97.6 Å². The number of esters is 1. The highest BCUT2D eigenvalue weighted by Gasteiger charge is 2.27. The maximum absolute atomic E-state index is 12.8. The number of carbonyl (C=O) groups excluding carboxylic acids is 7. The lowest BCUT2D eigenvalue weighted by molar-refractivity contribution is -0.135. The minimum atomic E-state index is -0.826. The Bertz CT molecular complexity index is 1660. The Morgan fingerprint density at radius 2 is 1.16 bits per heavy atom. The first kappa shape index (κ1) is 50.8. The van der Waals surface area contributed by atoms with E-state index < -0.39 is 41.8 Å². The second-order valence-corrected chi connectivity index (χ2v) is 14.8. The van der Waals surface area contributed by atoms with Crippen LogP contribution in [0.3, 0.4) is 0 Å². The molecule has 8 N–H and O–H groups in total. The van der Waals surface area contributed by atoms with Crippen LogP contribution in [0.5, 0.6) is 0 Å². The number of benzene rings is 2. The molecule has 0 fully saturated rings. The van der Waals surface area contributed by atoms with Gasteiger partial charge in [0.15, 0.2) is 11.6 Å². The summed E-state index contributed by atoms with van der Waals surface area (Å²) in [5.41, 5.74) is 8.47. The average molecular weight is 810 g/mol. The fourth-order valence-electron chi connectivity index (χ4n) is 5.21. The van der Waals surface area contributed by atoms with Gasteiger partial charge in [-0.15, -0.1) is 0 Å². The van der Waals surface area contributed by atoms with Gasteiger partial charge in [0, 0.05) is 42.6 Å². The number of nitrogens with two attached hydrogens (primary N) is 1. The molecule has 0 aliphatic carbocycles. The van der Waals surface area contributed by atoms with E-state index in [1.807, 2.05) is 27.7 Å². The molecule has 4 atom stereocenters. The van der Waals surface area contributed by atoms with Gasteiger partial charge >= 0.3 is 5.97 Å². The molecule has 0 aliphatic rings. The van der Waals surface area contributed by atoms with Crippen molar-refractivity contribution in [3.8, 4) is 0 Å². The van der Waals surface area contributed by atoms with Gasteiger partial charge in [0.05, 0.1) is 26.4 Å². The Balaban J connectivity index is 0.000000676. The Morgan fingerprint density at radius 3 is 1.62 bits per heavy atom. The molecule has 15 nitrogen and oxygen atoms in total. The van der Waals surface area contributed by atoms with E-state index in [4.69, 9.17) is 15.9 Å². The number of aliphatic hydroxyl groups excluding tert-OH is 2. The van der Waals surface area contributed by atoms with Crippen LogP contribution < -0.4 is 27.0 Å². The van der Waals surface area contributed by atoms with Crippen molar-refractivity contribution in [1.29, 1.82) is 0 Å². The summed E-state index contributed by atoms with van der Waals surface area (Å²) < 4.78 is 4.43. The number of amides is 4. The van der Waals surface area contributed by atoms with Crippen molar-refractivity contribution in [1.82, 2.24) is 10.6 Å². The second kappa shape index (κ2) is 27.4. The van der Waals surface area contributed by atoms with Crippen molar-refractivity contribution in [3.05, 3.63) is 71.8 Å². The molecule has 2 rings (SSSR count). The first-order valence-electron chi connectivity index (χ1n) is 19.6. The van der Waals surface area contributed by atoms with Crippen LogP contribution in [0.25, 0.3) is 0 Å². The first-order chi connectivity index (χ1) is 27.4. The van der Waals surface area contributed by atoms with E-state index in [1.54, 1.807) is 62.4 Å². The van der Waals surface area contributed by atoms with Gasteiger partial charge in [0.1, 0.15) is 12.1 Å².